The van der Waals surface area contributed by atoms with Crippen molar-refractivity contribution in [3.05, 3.63) is 50.9 Å². The van der Waals surface area contributed by atoms with Crippen molar-refractivity contribution in [2.45, 2.75) is 33.4 Å². The summed E-state index contributed by atoms with van der Waals surface area (Å²) in [5.41, 5.74) is 1.13. The second-order valence-electron chi connectivity index (χ2n) is 4.98. The van der Waals surface area contributed by atoms with Crippen molar-refractivity contribution in [2.75, 3.05) is 6.54 Å². The van der Waals surface area contributed by atoms with E-state index in [9.17, 15) is 0 Å². The molecule has 4 nitrogen and oxygen atoms in total. The van der Waals surface area contributed by atoms with Gasteiger partial charge >= 0.3 is 0 Å². The predicted molar refractivity (Wildman–Crippen MR) is 94.7 cm³/mol. The highest BCUT2D eigenvalue weighted by Crippen LogP contribution is 2.17. The number of rotatable bonds is 5. The molecule has 2 rings (SSSR count). The molecule has 0 aliphatic carbocycles. The average molecular weight is 337 g/mol. The first-order chi connectivity index (χ1) is 10.6. The first kappa shape index (κ1) is 16.8. The van der Waals surface area contributed by atoms with Crippen LogP contribution in [0.3, 0.4) is 0 Å². The van der Waals surface area contributed by atoms with Crippen molar-refractivity contribution in [2.24, 2.45) is 4.99 Å². The van der Waals surface area contributed by atoms with Crippen LogP contribution in [0.15, 0.2) is 35.5 Å². The fraction of sp³-hybridized carbons (Fsp3) is 0.375. The number of hydrogen-bond acceptors (Lipinski definition) is 3. The van der Waals surface area contributed by atoms with Crippen LogP contribution in [0, 0.1) is 6.92 Å². The number of hydrogen-bond donors (Lipinski definition) is 2. The molecule has 118 valence electrons. The number of nitrogens with one attached hydrogen (secondary N) is 2. The number of nitrogens with zero attached hydrogens (tertiary/aromatic N) is 2. The quantitative estimate of drug-likeness (QED) is 0.642. The van der Waals surface area contributed by atoms with Crippen molar-refractivity contribution in [3.63, 3.8) is 0 Å². The molecule has 1 heterocycles. The van der Waals surface area contributed by atoms with Gasteiger partial charge in [0.25, 0.3) is 0 Å². The van der Waals surface area contributed by atoms with Crippen LogP contribution in [0.1, 0.15) is 35.3 Å². The van der Waals surface area contributed by atoms with E-state index < -0.39 is 0 Å². The maximum Gasteiger partial charge on any atom is 0.192 e. The monoisotopic (exact) mass is 336 g/mol. The van der Waals surface area contributed by atoms with E-state index in [1.165, 1.54) is 4.88 Å². The molecule has 0 aliphatic heterocycles. The molecule has 2 aromatic rings. The van der Waals surface area contributed by atoms with Crippen LogP contribution in [0.5, 0.6) is 0 Å². The largest absolute Gasteiger partial charge is 0.357 e. The summed E-state index contributed by atoms with van der Waals surface area (Å²) >= 11 is 7.72. The molecule has 0 spiro atoms. The molecule has 1 unspecified atom stereocenters. The Morgan fingerprint density at radius 1 is 1.45 bits per heavy atom. The Morgan fingerprint density at radius 3 is 2.91 bits per heavy atom. The van der Waals surface area contributed by atoms with Crippen LogP contribution < -0.4 is 10.6 Å². The predicted octanol–water partition coefficient (Wildman–Crippen LogP) is 3.92. The van der Waals surface area contributed by atoms with Crippen LogP contribution in [0.2, 0.25) is 5.02 Å². The molecular weight excluding hydrogens is 316 g/mol. The van der Waals surface area contributed by atoms with Gasteiger partial charge < -0.3 is 10.6 Å². The maximum atomic E-state index is 6.05. The van der Waals surface area contributed by atoms with Gasteiger partial charge in [0.05, 0.1) is 12.6 Å². The number of aliphatic imine (C=N–C) groups is 1. The molecule has 0 bridgehead atoms. The van der Waals surface area contributed by atoms with Crippen molar-refractivity contribution in [3.8, 4) is 0 Å². The Labute approximate surface area is 140 Å². The maximum absolute atomic E-state index is 6.05. The van der Waals surface area contributed by atoms with Gasteiger partial charge in [0.15, 0.2) is 5.96 Å². The third kappa shape index (κ3) is 5.00. The third-order valence-corrected chi connectivity index (χ3v) is 4.22. The Bertz CT molecular complexity index is 639. The number of guanidine groups is 1. The standard InChI is InChI=1S/C16H21ClN4S/c1-4-18-16(20-10-15-19-9-11(2)22-15)21-12(3)13-6-5-7-14(17)8-13/h5-9,12H,4,10H2,1-3H3,(H2,18,20,21). The Hall–Kier alpha value is -1.59. The topological polar surface area (TPSA) is 49.3 Å². The summed E-state index contributed by atoms with van der Waals surface area (Å²) in [6.07, 6.45) is 1.88. The van der Waals surface area contributed by atoms with Crippen LogP contribution in [0.25, 0.3) is 0 Å². The van der Waals surface area contributed by atoms with Crippen molar-refractivity contribution in [1.82, 2.24) is 15.6 Å². The molecule has 6 heteroatoms. The van der Waals surface area contributed by atoms with Gasteiger partial charge in [0.1, 0.15) is 5.01 Å². The molecule has 0 saturated heterocycles. The molecule has 1 aromatic heterocycles. The highest BCUT2D eigenvalue weighted by molar-refractivity contribution is 7.11. The number of benzene rings is 1. The lowest BCUT2D eigenvalue weighted by Crippen LogP contribution is -2.38. The van der Waals surface area contributed by atoms with E-state index in [1.54, 1.807) is 11.3 Å². The Morgan fingerprint density at radius 2 is 2.27 bits per heavy atom. The van der Waals surface area contributed by atoms with Gasteiger partial charge in [-0.15, -0.1) is 11.3 Å². The van der Waals surface area contributed by atoms with E-state index in [0.29, 0.717) is 6.54 Å². The molecular formula is C16H21ClN4S. The van der Waals surface area contributed by atoms with E-state index in [0.717, 1.165) is 28.1 Å². The highest BCUT2D eigenvalue weighted by atomic mass is 35.5. The van der Waals surface area contributed by atoms with E-state index in [2.05, 4.69) is 47.4 Å². The molecule has 1 aromatic carbocycles. The fourth-order valence-corrected chi connectivity index (χ4v) is 2.92. The second kappa shape index (κ2) is 8.15. The average Bonchev–Trinajstić information content (AvgIpc) is 2.90. The van der Waals surface area contributed by atoms with E-state index in [4.69, 9.17) is 11.6 Å². The summed E-state index contributed by atoms with van der Waals surface area (Å²) in [4.78, 5) is 10.1. The van der Waals surface area contributed by atoms with E-state index >= 15 is 0 Å². The molecule has 0 aliphatic rings. The van der Waals surface area contributed by atoms with Crippen LogP contribution in [-0.2, 0) is 6.54 Å². The zero-order valence-corrected chi connectivity index (χ0v) is 14.6. The van der Waals surface area contributed by atoms with Gasteiger partial charge in [0, 0.05) is 22.6 Å². The summed E-state index contributed by atoms with van der Waals surface area (Å²) in [5, 5.41) is 8.41. The molecule has 1 atom stereocenters. The summed E-state index contributed by atoms with van der Waals surface area (Å²) in [6, 6.07) is 7.97. The van der Waals surface area contributed by atoms with Crippen LogP contribution >= 0.6 is 22.9 Å². The van der Waals surface area contributed by atoms with Gasteiger partial charge in [-0.05, 0) is 38.5 Å². The number of aromatic nitrogens is 1. The lowest BCUT2D eigenvalue weighted by atomic mass is 10.1. The van der Waals surface area contributed by atoms with Crippen molar-refractivity contribution in [1.29, 1.82) is 0 Å². The minimum absolute atomic E-state index is 0.120. The lowest BCUT2D eigenvalue weighted by Gasteiger charge is -2.18. The fourth-order valence-electron chi connectivity index (χ4n) is 2.01. The SMILES string of the molecule is CCNC(=NCc1ncc(C)s1)NC(C)c1cccc(Cl)c1. The lowest BCUT2D eigenvalue weighted by molar-refractivity contribution is 0.686. The van der Waals surface area contributed by atoms with E-state index in [-0.39, 0.29) is 6.04 Å². The second-order valence-corrected chi connectivity index (χ2v) is 6.74. The summed E-state index contributed by atoms with van der Waals surface area (Å²) in [5.74, 6) is 0.780. The number of aryl methyl sites for hydroxylation is 1. The van der Waals surface area contributed by atoms with Gasteiger partial charge in [-0.3, -0.25) is 0 Å². The van der Waals surface area contributed by atoms with Gasteiger partial charge in [-0.2, -0.15) is 0 Å². The highest BCUT2D eigenvalue weighted by Gasteiger charge is 2.08. The zero-order valence-electron chi connectivity index (χ0n) is 13.1. The first-order valence-corrected chi connectivity index (χ1v) is 8.49. The summed E-state index contributed by atoms with van der Waals surface area (Å²) in [6.45, 7) is 7.58. The summed E-state index contributed by atoms with van der Waals surface area (Å²) in [7, 11) is 0. The van der Waals surface area contributed by atoms with Crippen molar-refractivity contribution >= 4 is 28.9 Å². The number of halogens is 1. The number of thiazole rings is 1. The first-order valence-electron chi connectivity index (χ1n) is 7.30. The van der Waals surface area contributed by atoms with E-state index in [1.807, 2.05) is 24.4 Å². The third-order valence-electron chi connectivity index (χ3n) is 3.09. The smallest absolute Gasteiger partial charge is 0.192 e. The van der Waals surface area contributed by atoms with Crippen LogP contribution in [0.4, 0.5) is 0 Å². The summed E-state index contributed by atoms with van der Waals surface area (Å²) < 4.78 is 0. The van der Waals surface area contributed by atoms with Gasteiger partial charge in [0.2, 0.25) is 0 Å². The molecule has 0 amide bonds. The molecule has 0 fully saturated rings. The molecule has 0 saturated carbocycles. The molecule has 2 N–H and O–H groups in total. The van der Waals surface area contributed by atoms with Crippen LogP contribution in [-0.4, -0.2) is 17.5 Å². The Kier molecular flexibility index (Phi) is 6.21. The Balaban J connectivity index is 2.04. The van der Waals surface area contributed by atoms with Gasteiger partial charge in [-0.25, -0.2) is 9.98 Å². The molecule has 22 heavy (non-hydrogen) atoms. The molecule has 0 radical (unpaired) electrons. The zero-order chi connectivity index (χ0) is 15.9. The minimum Gasteiger partial charge on any atom is -0.357 e. The van der Waals surface area contributed by atoms with Gasteiger partial charge in [-0.1, -0.05) is 23.7 Å². The van der Waals surface area contributed by atoms with Crippen molar-refractivity contribution < 1.29 is 0 Å². The minimum atomic E-state index is 0.120. The normalized spacial score (nSPS) is 13.0.